The summed E-state index contributed by atoms with van der Waals surface area (Å²) < 4.78 is 10.5. The number of hydrogen-bond donors (Lipinski definition) is 1. The molecule has 20 heavy (non-hydrogen) atoms. The van der Waals surface area contributed by atoms with E-state index in [0.29, 0.717) is 42.5 Å². The average molecular weight is 276 g/mol. The molecule has 0 fully saturated rings. The summed E-state index contributed by atoms with van der Waals surface area (Å²) in [6, 6.07) is 0. The second-order valence-corrected chi connectivity index (χ2v) is 4.61. The van der Waals surface area contributed by atoms with E-state index in [2.05, 4.69) is 15.3 Å². The van der Waals surface area contributed by atoms with Crippen LogP contribution in [0, 0.1) is 6.92 Å². The van der Waals surface area contributed by atoms with Crippen molar-refractivity contribution in [1.29, 1.82) is 0 Å². The number of carbonyl (C=O) groups excluding carboxylic acids is 1. The minimum absolute atomic E-state index is 0.184. The van der Waals surface area contributed by atoms with E-state index in [9.17, 15) is 4.79 Å². The Morgan fingerprint density at radius 1 is 1.60 bits per heavy atom. The summed E-state index contributed by atoms with van der Waals surface area (Å²) in [7, 11) is 1.59. The zero-order chi connectivity index (χ0) is 14.1. The van der Waals surface area contributed by atoms with Gasteiger partial charge in [0, 0.05) is 20.2 Å². The highest BCUT2D eigenvalue weighted by Crippen LogP contribution is 2.34. The van der Waals surface area contributed by atoms with Crippen LogP contribution in [0.25, 0.3) is 0 Å². The number of amides is 1. The van der Waals surface area contributed by atoms with E-state index in [0.717, 1.165) is 12.4 Å². The monoisotopic (exact) mass is 276 g/mol. The molecule has 3 rings (SSSR count). The van der Waals surface area contributed by atoms with Gasteiger partial charge in [0.25, 0.3) is 5.91 Å². The lowest BCUT2D eigenvalue weighted by molar-refractivity contribution is 0.0935. The van der Waals surface area contributed by atoms with Crippen LogP contribution in [-0.4, -0.2) is 56.3 Å². The van der Waals surface area contributed by atoms with Gasteiger partial charge in [0.2, 0.25) is 5.88 Å². The van der Waals surface area contributed by atoms with Gasteiger partial charge in [-0.2, -0.15) is 0 Å². The highest BCUT2D eigenvalue weighted by atomic mass is 16.5. The zero-order valence-corrected chi connectivity index (χ0v) is 11.5. The van der Waals surface area contributed by atoms with Crippen LogP contribution in [0.1, 0.15) is 21.7 Å². The topological polar surface area (TPSA) is 79.4 Å². The maximum absolute atomic E-state index is 12.3. The molecule has 0 bridgehead atoms. The summed E-state index contributed by atoms with van der Waals surface area (Å²) in [5.74, 6) is 1.59. The van der Waals surface area contributed by atoms with Crippen molar-refractivity contribution < 1.29 is 13.9 Å². The maximum Gasteiger partial charge on any atom is 0.255 e. The number of nitrogens with zero attached hydrogens (tertiary/aromatic N) is 3. The van der Waals surface area contributed by atoms with Crippen LogP contribution in [-0.2, 0) is 4.74 Å². The lowest BCUT2D eigenvalue weighted by atomic mass is 10.1. The van der Waals surface area contributed by atoms with E-state index in [1.165, 1.54) is 0 Å². The van der Waals surface area contributed by atoms with Gasteiger partial charge in [0.15, 0.2) is 0 Å². The van der Waals surface area contributed by atoms with Gasteiger partial charge in [-0.1, -0.05) is 0 Å². The van der Waals surface area contributed by atoms with E-state index in [1.807, 2.05) is 4.90 Å². The molecule has 0 aromatic carbocycles. The first-order valence-corrected chi connectivity index (χ1v) is 6.48. The Balaban J connectivity index is 1.94. The number of nitrogens with one attached hydrogen (secondary N) is 1. The molecule has 0 unspecified atom stereocenters. The SMILES string of the molecule is COCCNC(=O)c1c(C)oc2c1C1=NCCN1C=N2. The molecule has 0 spiro atoms. The van der Waals surface area contributed by atoms with Gasteiger partial charge in [-0.05, 0) is 6.92 Å². The fraction of sp³-hybridized carbons (Fsp3) is 0.462. The standard InChI is InChI=1S/C13H16N4O3/c1-8-9(12(18)15-4-6-19-2)10-11-14-3-5-17(11)7-16-13(10)20-8/h7H,3-6H2,1-2H3,(H,15,18). The summed E-state index contributed by atoms with van der Waals surface area (Å²) >= 11 is 0. The first-order chi connectivity index (χ1) is 9.72. The molecule has 0 saturated carbocycles. The van der Waals surface area contributed by atoms with Crippen LogP contribution in [0.5, 0.6) is 0 Å². The quantitative estimate of drug-likeness (QED) is 0.821. The minimum Gasteiger partial charge on any atom is -0.442 e. The Morgan fingerprint density at radius 3 is 3.25 bits per heavy atom. The van der Waals surface area contributed by atoms with E-state index in [-0.39, 0.29) is 5.91 Å². The second-order valence-electron chi connectivity index (χ2n) is 4.61. The Hall–Kier alpha value is -2.15. The van der Waals surface area contributed by atoms with Crippen molar-refractivity contribution in [2.24, 2.45) is 9.98 Å². The van der Waals surface area contributed by atoms with Crippen molar-refractivity contribution in [3.05, 3.63) is 16.9 Å². The van der Waals surface area contributed by atoms with Crippen LogP contribution < -0.4 is 5.32 Å². The third-order valence-electron chi connectivity index (χ3n) is 3.30. The highest BCUT2D eigenvalue weighted by Gasteiger charge is 2.33. The van der Waals surface area contributed by atoms with Crippen molar-refractivity contribution >= 4 is 24.0 Å². The lowest BCUT2D eigenvalue weighted by Gasteiger charge is -2.18. The molecule has 0 radical (unpaired) electrons. The molecular formula is C13H16N4O3. The molecular weight excluding hydrogens is 260 g/mol. The number of rotatable bonds is 4. The molecule has 0 saturated heterocycles. The average Bonchev–Trinajstić information content (AvgIpc) is 3.01. The Labute approximate surface area is 116 Å². The molecule has 1 aromatic heterocycles. The molecule has 1 amide bonds. The maximum atomic E-state index is 12.3. The van der Waals surface area contributed by atoms with Gasteiger partial charge in [-0.3, -0.25) is 9.79 Å². The largest absolute Gasteiger partial charge is 0.442 e. The van der Waals surface area contributed by atoms with Crippen molar-refractivity contribution in [3.8, 4) is 0 Å². The number of methoxy groups -OCH3 is 1. The van der Waals surface area contributed by atoms with Crippen LogP contribution in [0.15, 0.2) is 14.4 Å². The molecule has 0 atom stereocenters. The van der Waals surface area contributed by atoms with Crippen molar-refractivity contribution in [2.45, 2.75) is 6.92 Å². The molecule has 1 N–H and O–H groups in total. The van der Waals surface area contributed by atoms with Crippen molar-refractivity contribution in [1.82, 2.24) is 10.2 Å². The molecule has 0 aliphatic carbocycles. The summed E-state index contributed by atoms with van der Waals surface area (Å²) in [5.41, 5.74) is 1.20. The van der Waals surface area contributed by atoms with E-state index >= 15 is 0 Å². The minimum atomic E-state index is -0.184. The molecule has 7 heteroatoms. The lowest BCUT2D eigenvalue weighted by Crippen LogP contribution is -2.33. The summed E-state index contributed by atoms with van der Waals surface area (Å²) in [4.78, 5) is 22.9. The molecule has 106 valence electrons. The Bertz CT molecular complexity index is 603. The summed E-state index contributed by atoms with van der Waals surface area (Å²) in [6.45, 7) is 4.17. The van der Waals surface area contributed by atoms with Gasteiger partial charge >= 0.3 is 0 Å². The third kappa shape index (κ3) is 2.00. The van der Waals surface area contributed by atoms with E-state index in [1.54, 1.807) is 20.4 Å². The van der Waals surface area contributed by atoms with Crippen LogP contribution >= 0.6 is 0 Å². The third-order valence-corrected chi connectivity index (χ3v) is 3.30. The van der Waals surface area contributed by atoms with Gasteiger partial charge in [0.05, 0.1) is 24.3 Å². The van der Waals surface area contributed by atoms with Crippen LogP contribution in [0.2, 0.25) is 0 Å². The number of fused-ring (bicyclic) bond motifs is 3. The number of amidine groups is 1. The number of furan rings is 1. The smallest absolute Gasteiger partial charge is 0.255 e. The Morgan fingerprint density at radius 2 is 2.45 bits per heavy atom. The number of aryl methyl sites for hydroxylation is 1. The predicted molar refractivity (Wildman–Crippen MR) is 73.9 cm³/mol. The van der Waals surface area contributed by atoms with E-state index in [4.69, 9.17) is 9.15 Å². The van der Waals surface area contributed by atoms with Gasteiger partial charge in [-0.15, -0.1) is 0 Å². The number of aliphatic imine (C=N–C) groups is 2. The normalized spacial score (nSPS) is 15.9. The second kappa shape index (κ2) is 5.09. The Kier molecular flexibility index (Phi) is 3.27. The summed E-state index contributed by atoms with van der Waals surface area (Å²) in [5, 5.41) is 2.81. The first kappa shape index (κ1) is 12.9. The van der Waals surface area contributed by atoms with Crippen LogP contribution in [0.3, 0.4) is 0 Å². The molecule has 3 heterocycles. The predicted octanol–water partition coefficient (Wildman–Crippen LogP) is 0.700. The highest BCUT2D eigenvalue weighted by molar-refractivity contribution is 6.17. The molecule has 2 aliphatic rings. The molecule has 2 aliphatic heterocycles. The molecule has 1 aromatic rings. The fourth-order valence-corrected chi connectivity index (χ4v) is 2.37. The summed E-state index contributed by atoms with van der Waals surface area (Å²) in [6.07, 6.45) is 1.70. The fourth-order valence-electron chi connectivity index (χ4n) is 2.37. The number of carbonyl (C=O) groups is 1. The first-order valence-electron chi connectivity index (χ1n) is 6.48. The number of hydrogen-bond acceptors (Lipinski definition) is 6. The van der Waals surface area contributed by atoms with E-state index < -0.39 is 0 Å². The van der Waals surface area contributed by atoms with Crippen molar-refractivity contribution in [3.63, 3.8) is 0 Å². The molecule has 7 nitrogen and oxygen atoms in total. The van der Waals surface area contributed by atoms with Gasteiger partial charge < -0.3 is 19.4 Å². The number of ether oxygens (including phenoxy) is 1. The van der Waals surface area contributed by atoms with Gasteiger partial charge in [-0.25, -0.2) is 4.99 Å². The van der Waals surface area contributed by atoms with Crippen LogP contribution in [0.4, 0.5) is 5.88 Å². The van der Waals surface area contributed by atoms with Crippen molar-refractivity contribution in [2.75, 3.05) is 33.4 Å². The zero-order valence-electron chi connectivity index (χ0n) is 11.5. The van der Waals surface area contributed by atoms with Gasteiger partial charge in [0.1, 0.15) is 17.9 Å².